The molecule has 1 fully saturated rings. The Morgan fingerprint density at radius 2 is 2.19 bits per heavy atom. The molecular weight excluding hydrogens is 288 g/mol. The molecule has 0 atom stereocenters. The predicted molar refractivity (Wildman–Crippen MR) is 82.7 cm³/mol. The Kier molecular flexibility index (Phi) is 3.44. The van der Waals surface area contributed by atoms with Gasteiger partial charge in [-0.05, 0) is 51.8 Å². The van der Waals surface area contributed by atoms with Crippen molar-refractivity contribution in [1.82, 2.24) is 9.55 Å². The number of imidazole rings is 1. The zero-order chi connectivity index (χ0) is 15.2. The third-order valence-electron chi connectivity index (χ3n) is 4.01. The molecule has 1 heterocycles. The molecule has 1 aliphatic rings. The van der Waals surface area contributed by atoms with Gasteiger partial charge < -0.3 is 9.30 Å². The van der Waals surface area contributed by atoms with E-state index in [4.69, 9.17) is 21.3 Å². The molecule has 1 aromatic carbocycles. The molecule has 112 valence electrons. The van der Waals surface area contributed by atoms with Crippen molar-refractivity contribution in [2.75, 3.05) is 6.61 Å². The maximum absolute atomic E-state index is 12.3. The van der Waals surface area contributed by atoms with Crippen LogP contribution in [0.4, 0.5) is 0 Å². The van der Waals surface area contributed by atoms with E-state index in [-0.39, 0.29) is 12.0 Å². The number of aromatic nitrogens is 2. The van der Waals surface area contributed by atoms with Gasteiger partial charge in [-0.3, -0.25) is 4.79 Å². The molecule has 0 amide bonds. The van der Waals surface area contributed by atoms with Crippen LogP contribution in [0.25, 0.3) is 11.0 Å². The highest BCUT2D eigenvalue weighted by atomic mass is 35.5. The highest BCUT2D eigenvalue weighted by molar-refractivity contribution is 6.31. The fourth-order valence-electron chi connectivity index (χ4n) is 2.85. The van der Waals surface area contributed by atoms with Crippen molar-refractivity contribution in [3.8, 4) is 0 Å². The monoisotopic (exact) mass is 306 g/mol. The smallest absolute Gasteiger partial charge is 0.319 e. The Bertz CT molecular complexity index is 702. The van der Waals surface area contributed by atoms with Crippen molar-refractivity contribution >= 4 is 28.6 Å². The van der Waals surface area contributed by atoms with Gasteiger partial charge in [0, 0.05) is 11.1 Å². The largest absolute Gasteiger partial charge is 0.465 e. The van der Waals surface area contributed by atoms with Crippen molar-refractivity contribution in [2.45, 2.75) is 45.1 Å². The number of rotatable bonds is 4. The summed E-state index contributed by atoms with van der Waals surface area (Å²) in [7, 11) is 0. The average molecular weight is 307 g/mol. The highest BCUT2D eigenvalue weighted by Gasteiger charge is 2.56. The van der Waals surface area contributed by atoms with Gasteiger partial charge in [-0.1, -0.05) is 11.6 Å². The number of nitrogens with zero attached hydrogens (tertiary/aromatic N) is 2. The molecule has 1 aromatic heterocycles. The third-order valence-corrected chi connectivity index (χ3v) is 4.25. The minimum absolute atomic E-state index is 0.159. The van der Waals surface area contributed by atoms with Crippen LogP contribution < -0.4 is 0 Å². The highest BCUT2D eigenvalue weighted by Crippen LogP contribution is 2.50. The van der Waals surface area contributed by atoms with E-state index in [9.17, 15) is 4.79 Å². The molecule has 3 rings (SSSR count). The summed E-state index contributed by atoms with van der Waals surface area (Å²) in [5, 5.41) is 0.656. The van der Waals surface area contributed by atoms with E-state index >= 15 is 0 Å². The summed E-state index contributed by atoms with van der Waals surface area (Å²) in [5.41, 5.74) is 1.29. The summed E-state index contributed by atoms with van der Waals surface area (Å²) in [6.07, 6.45) is 1.60. The number of hydrogen-bond acceptors (Lipinski definition) is 3. The number of fused-ring (bicyclic) bond motifs is 1. The summed E-state index contributed by atoms with van der Waals surface area (Å²) < 4.78 is 7.39. The average Bonchev–Trinajstić information content (AvgIpc) is 3.14. The third kappa shape index (κ3) is 2.22. The Morgan fingerprint density at radius 3 is 2.76 bits per heavy atom. The van der Waals surface area contributed by atoms with Crippen molar-refractivity contribution in [1.29, 1.82) is 0 Å². The van der Waals surface area contributed by atoms with E-state index in [1.807, 2.05) is 25.1 Å². The Balaban J connectivity index is 2.18. The second-order valence-electron chi connectivity index (χ2n) is 5.83. The van der Waals surface area contributed by atoms with Crippen LogP contribution in [0, 0.1) is 0 Å². The maximum atomic E-state index is 12.3. The zero-order valence-corrected chi connectivity index (χ0v) is 13.3. The lowest BCUT2D eigenvalue weighted by Crippen LogP contribution is -2.27. The van der Waals surface area contributed by atoms with E-state index < -0.39 is 5.41 Å². The molecule has 0 aliphatic heterocycles. The molecule has 2 aromatic rings. The predicted octanol–water partition coefficient (Wildman–Crippen LogP) is 3.87. The van der Waals surface area contributed by atoms with Crippen molar-refractivity contribution in [2.24, 2.45) is 0 Å². The van der Waals surface area contributed by atoms with Crippen LogP contribution in [0.3, 0.4) is 0 Å². The van der Waals surface area contributed by atoms with E-state index in [1.165, 1.54) is 0 Å². The Labute approximate surface area is 129 Å². The van der Waals surface area contributed by atoms with Crippen molar-refractivity contribution < 1.29 is 9.53 Å². The minimum atomic E-state index is -0.564. The fraction of sp³-hybridized carbons (Fsp3) is 0.500. The van der Waals surface area contributed by atoms with Crippen LogP contribution in [-0.2, 0) is 14.9 Å². The second-order valence-corrected chi connectivity index (χ2v) is 6.27. The Morgan fingerprint density at radius 1 is 1.48 bits per heavy atom. The van der Waals surface area contributed by atoms with Crippen LogP contribution in [0.1, 0.15) is 45.5 Å². The molecule has 0 spiro atoms. The van der Waals surface area contributed by atoms with Gasteiger partial charge in [0.05, 0.1) is 17.6 Å². The molecule has 1 aliphatic carbocycles. The lowest BCUT2D eigenvalue weighted by Gasteiger charge is -2.18. The topological polar surface area (TPSA) is 44.1 Å². The molecule has 0 radical (unpaired) electrons. The van der Waals surface area contributed by atoms with E-state index in [2.05, 4.69) is 18.4 Å². The molecule has 5 heteroatoms. The van der Waals surface area contributed by atoms with Crippen LogP contribution in [0.15, 0.2) is 18.2 Å². The van der Waals surface area contributed by atoms with Gasteiger partial charge in [0.25, 0.3) is 0 Å². The van der Waals surface area contributed by atoms with Gasteiger partial charge in [0.2, 0.25) is 0 Å². The zero-order valence-electron chi connectivity index (χ0n) is 12.5. The lowest BCUT2D eigenvalue weighted by molar-refractivity contribution is -0.146. The van der Waals surface area contributed by atoms with Crippen molar-refractivity contribution in [3.63, 3.8) is 0 Å². The van der Waals surface area contributed by atoms with Gasteiger partial charge in [-0.15, -0.1) is 0 Å². The van der Waals surface area contributed by atoms with Crippen LogP contribution in [0.5, 0.6) is 0 Å². The number of carbonyl (C=O) groups excluding carboxylic acids is 1. The molecule has 1 saturated carbocycles. The summed E-state index contributed by atoms with van der Waals surface area (Å²) in [6, 6.07) is 5.90. The van der Waals surface area contributed by atoms with Gasteiger partial charge in [0.1, 0.15) is 11.2 Å². The van der Waals surface area contributed by atoms with Gasteiger partial charge in [0.15, 0.2) is 0 Å². The first-order valence-electron chi connectivity index (χ1n) is 7.35. The molecule has 0 bridgehead atoms. The number of carbonyl (C=O) groups is 1. The van der Waals surface area contributed by atoms with E-state index in [0.717, 1.165) is 29.7 Å². The molecule has 4 nitrogen and oxygen atoms in total. The number of esters is 1. The van der Waals surface area contributed by atoms with Crippen molar-refractivity contribution in [3.05, 3.63) is 29.0 Å². The summed E-state index contributed by atoms with van der Waals surface area (Å²) >= 11 is 6.06. The number of benzene rings is 1. The molecule has 0 saturated heterocycles. The molecule has 0 N–H and O–H groups in total. The minimum Gasteiger partial charge on any atom is -0.465 e. The quantitative estimate of drug-likeness (QED) is 0.806. The second kappa shape index (κ2) is 5.02. The number of halogens is 1. The normalized spacial score (nSPS) is 16.4. The summed E-state index contributed by atoms with van der Waals surface area (Å²) in [4.78, 5) is 17.1. The molecule has 0 unspecified atom stereocenters. The van der Waals surface area contributed by atoms with Crippen LogP contribution >= 0.6 is 11.6 Å². The van der Waals surface area contributed by atoms with Crippen LogP contribution in [0.2, 0.25) is 5.02 Å². The number of ether oxygens (including phenoxy) is 1. The first-order valence-corrected chi connectivity index (χ1v) is 7.72. The standard InChI is InChI=1S/C16H19ClN2O2/c1-4-21-15(20)16(7-8-16)14-18-12-9-11(17)5-6-13(12)19(14)10(2)3/h5-6,9-10H,4,7-8H2,1-3H3. The lowest BCUT2D eigenvalue weighted by atomic mass is 10.1. The van der Waals surface area contributed by atoms with Gasteiger partial charge >= 0.3 is 5.97 Å². The van der Waals surface area contributed by atoms with Crippen LogP contribution in [-0.4, -0.2) is 22.1 Å². The van der Waals surface area contributed by atoms with Gasteiger partial charge in [-0.25, -0.2) is 4.98 Å². The fourth-order valence-corrected chi connectivity index (χ4v) is 3.01. The first-order chi connectivity index (χ1) is 9.99. The summed E-state index contributed by atoms with van der Waals surface area (Å²) in [5.74, 6) is 0.654. The van der Waals surface area contributed by atoms with E-state index in [0.29, 0.717) is 11.6 Å². The summed E-state index contributed by atoms with van der Waals surface area (Å²) in [6.45, 7) is 6.43. The van der Waals surface area contributed by atoms with E-state index in [1.54, 1.807) is 0 Å². The maximum Gasteiger partial charge on any atom is 0.319 e. The first kappa shape index (κ1) is 14.4. The molecule has 21 heavy (non-hydrogen) atoms. The molecular formula is C16H19ClN2O2. The SMILES string of the molecule is CCOC(=O)C1(c2nc3cc(Cl)ccc3n2C(C)C)CC1. The van der Waals surface area contributed by atoms with Gasteiger partial charge in [-0.2, -0.15) is 0 Å². The Hall–Kier alpha value is -1.55. The number of hydrogen-bond donors (Lipinski definition) is 0.